The number of hydrogen-bond acceptors (Lipinski definition) is 3. The molecule has 1 aromatic rings. The summed E-state index contributed by atoms with van der Waals surface area (Å²) >= 11 is 3.43. The Labute approximate surface area is 111 Å². The van der Waals surface area contributed by atoms with E-state index in [0.717, 1.165) is 37.1 Å². The summed E-state index contributed by atoms with van der Waals surface area (Å²) in [6.07, 6.45) is 4.22. The van der Waals surface area contributed by atoms with E-state index in [0.29, 0.717) is 0 Å². The van der Waals surface area contributed by atoms with Gasteiger partial charge in [0.25, 0.3) is 0 Å². The van der Waals surface area contributed by atoms with Crippen molar-refractivity contribution in [2.75, 3.05) is 25.1 Å². The molecule has 1 fully saturated rings. The molecule has 3 nitrogen and oxygen atoms in total. The fraction of sp³-hybridized carbons (Fsp3) is 0.615. The number of anilines is 1. The lowest BCUT2D eigenvalue weighted by atomic mass is 9.95. The number of ether oxygens (including phenoxy) is 1. The van der Waals surface area contributed by atoms with E-state index in [9.17, 15) is 0 Å². The summed E-state index contributed by atoms with van der Waals surface area (Å²) in [5.41, 5.74) is 1.17. The molecular weight excluding hydrogens is 280 g/mol. The third kappa shape index (κ3) is 2.99. The van der Waals surface area contributed by atoms with Crippen molar-refractivity contribution >= 4 is 21.7 Å². The predicted molar refractivity (Wildman–Crippen MR) is 73.7 cm³/mol. The van der Waals surface area contributed by atoms with Crippen molar-refractivity contribution in [3.63, 3.8) is 0 Å². The van der Waals surface area contributed by atoms with Crippen molar-refractivity contribution in [1.29, 1.82) is 0 Å². The first-order valence-corrected chi connectivity index (χ1v) is 7.10. The molecule has 2 heterocycles. The van der Waals surface area contributed by atoms with Crippen molar-refractivity contribution in [1.82, 2.24) is 4.98 Å². The number of nitrogens with zero attached hydrogens (tertiary/aromatic N) is 2. The van der Waals surface area contributed by atoms with Crippen LogP contribution in [-0.2, 0) is 10.1 Å². The fourth-order valence-corrected chi connectivity index (χ4v) is 2.58. The zero-order chi connectivity index (χ0) is 12.3. The Kier molecular flexibility index (Phi) is 4.05. The molecule has 17 heavy (non-hydrogen) atoms. The minimum atomic E-state index is -0.0337. The van der Waals surface area contributed by atoms with Gasteiger partial charge in [-0.1, -0.05) is 22.0 Å². The number of pyridine rings is 1. The number of hydrogen-bond donors (Lipinski definition) is 0. The van der Waals surface area contributed by atoms with Gasteiger partial charge in [-0.05, 0) is 31.4 Å². The van der Waals surface area contributed by atoms with Crippen LogP contribution >= 0.6 is 15.9 Å². The van der Waals surface area contributed by atoms with Crippen LogP contribution in [0.25, 0.3) is 0 Å². The van der Waals surface area contributed by atoms with Crippen LogP contribution in [-0.4, -0.2) is 30.8 Å². The topological polar surface area (TPSA) is 25.4 Å². The first kappa shape index (κ1) is 12.8. The van der Waals surface area contributed by atoms with Crippen LogP contribution in [0.3, 0.4) is 0 Å². The molecule has 0 radical (unpaired) electrons. The maximum atomic E-state index is 5.60. The monoisotopic (exact) mass is 298 g/mol. The Morgan fingerprint density at radius 3 is 2.94 bits per heavy atom. The van der Waals surface area contributed by atoms with Crippen molar-refractivity contribution in [3.05, 3.63) is 23.9 Å². The van der Waals surface area contributed by atoms with E-state index >= 15 is 0 Å². The van der Waals surface area contributed by atoms with E-state index in [1.807, 2.05) is 6.20 Å². The van der Waals surface area contributed by atoms with Crippen LogP contribution < -0.4 is 4.90 Å². The van der Waals surface area contributed by atoms with Gasteiger partial charge in [-0.15, -0.1) is 0 Å². The molecule has 94 valence electrons. The number of alkyl halides is 1. The standard InChI is InChI=1S/C13H19BrN2O/c1-13(17-2)6-3-7-16(10-13)12-5-4-11(8-14)9-15-12/h4-5,9H,3,6-8,10H2,1-2H3. The molecular formula is C13H19BrN2O. The van der Waals surface area contributed by atoms with Crippen LogP contribution in [0.4, 0.5) is 5.82 Å². The molecule has 0 amide bonds. The lowest BCUT2D eigenvalue weighted by Gasteiger charge is -2.40. The average molecular weight is 299 g/mol. The molecule has 1 atom stereocenters. The van der Waals surface area contributed by atoms with E-state index < -0.39 is 0 Å². The van der Waals surface area contributed by atoms with Gasteiger partial charge in [-0.2, -0.15) is 0 Å². The highest BCUT2D eigenvalue weighted by Gasteiger charge is 2.31. The predicted octanol–water partition coefficient (Wildman–Crippen LogP) is 2.98. The Balaban J connectivity index is 2.10. The summed E-state index contributed by atoms with van der Waals surface area (Å²) in [5.74, 6) is 1.05. The highest BCUT2D eigenvalue weighted by Crippen LogP contribution is 2.27. The van der Waals surface area contributed by atoms with Crippen molar-refractivity contribution in [2.45, 2.75) is 30.7 Å². The summed E-state index contributed by atoms with van der Waals surface area (Å²) < 4.78 is 5.60. The minimum absolute atomic E-state index is 0.0337. The lowest BCUT2D eigenvalue weighted by Crippen LogP contribution is -2.47. The highest BCUT2D eigenvalue weighted by atomic mass is 79.9. The van der Waals surface area contributed by atoms with Crippen LogP contribution in [0, 0.1) is 0 Å². The Morgan fingerprint density at radius 2 is 2.35 bits per heavy atom. The van der Waals surface area contributed by atoms with Gasteiger partial charge < -0.3 is 9.64 Å². The van der Waals surface area contributed by atoms with Gasteiger partial charge in [0.1, 0.15) is 5.82 Å². The van der Waals surface area contributed by atoms with E-state index in [2.05, 4.69) is 44.9 Å². The quantitative estimate of drug-likeness (QED) is 0.802. The molecule has 0 saturated carbocycles. The zero-order valence-electron chi connectivity index (χ0n) is 10.4. The number of piperidine rings is 1. The molecule has 1 aliphatic rings. The Bertz CT molecular complexity index is 368. The van der Waals surface area contributed by atoms with Crippen molar-refractivity contribution < 1.29 is 4.74 Å². The van der Waals surface area contributed by atoms with Crippen LogP contribution in [0.15, 0.2) is 18.3 Å². The molecule has 0 spiro atoms. The molecule has 1 saturated heterocycles. The first-order valence-electron chi connectivity index (χ1n) is 5.98. The second kappa shape index (κ2) is 5.36. The third-order valence-corrected chi connectivity index (χ3v) is 4.09. The molecule has 4 heteroatoms. The molecule has 2 rings (SSSR count). The molecule has 0 N–H and O–H groups in total. The fourth-order valence-electron chi connectivity index (χ4n) is 2.25. The van der Waals surface area contributed by atoms with Gasteiger partial charge in [0.2, 0.25) is 0 Å². The summed E-state index contributed by atoms with van der Waals surface area (Å²) in [4.78, 5) is 6.82. The van der Waals surface area contributed by atoms with Gasteiger partial charge in [0.15, 0.2) is 0 Å². The SMILES string of the molecule is COC1(C)CCCN(c2ccc(CBr)cn2)C1. The maximum Gasteiger partial charge on any atom is 0.128 e. The lowest BCUT2D eigenvalue weighted by molar-refractivity contribution is -0.00481. The molecule has 1 unspecified atom stereocenters. The van der Waals surface area contributed by atoms with Gasteiger partial charge in [-0.25, -0.2) is 4.98 Å². The maximum absolute atomic E-state index is 5.60. The van der Waals surface area contributed by atoms with Gasteiger partial charge in [0, 0.05) is 31.7 Å². The molecule has 0 bridgehead atoms. The number of aromatic nitrogens is 1. The van der Waals surface area contributed by atoms with Gasteiger partial charge in [-0.3, -0.25) is 0 Å². The smallest absolute Gasteiger partial charge is 0.128 e. The molecule has 1 aliphatic heterocycles. The van der Waals surface area contributed by atoms with Crippen LogP contribution in [0.2, 0.25) is 0 Å². The van der Waals surface area contributed by atoms with Crippen molar-refractivity contribution in [3.8, 4) is 0 Å². The first-order chi connectivity index (χ1) is 8.17. The number of rotatable bonds is 3. The van der Waals surface area contributed by atoms with Gasteiger partial charge in [0.05, 0.1) is 5.60 Å². The summed E-state index contributed by atoms with van der Waals surface area (Å²) in [7, 11) is 1.80. The Morgan fingerprint density at radius 1 is 1.53 bits per heavy atom. The van der Waals surface area contributed by atoms with Gasteiger partial charge >= 0.3 is 0 Å². The number of halogens is 1. The van der Waals surface area contributed by atoms with Crippen LogP contribution in [0.5, 0.6) is 0 Å². The van der Waals surface area contributed by atoms with E-state index in [1.165, 1.54) is 5.56 Å². The van der Waals surface area contributed by atoms with E-state index in [1.54, 1.807) is 7.11 Å². The summed E-state index contributed by atoms with van der Waals surface area (Å²) in [5, 5.41) is 0.857. The van der Waals surface area contributed by atoms with Crippen molar-refractivity contribution in [2.24, 2.45) is 0 Å². The molecule has 0 aliphatic carbocycles. The second-order valence-corrected chi connectivity index (χ2v) is 5.40. The van der Waals surface area contributed by atoms with Crippen LogP contribution in [0.1, 0.15) is 25.3 Å². The van der Waals surface area contributed by atoms with E-state index in [4.69, 9.17) is 4.74 Å². The number of methoxy groups -OCH3 is 1. The largest absolute Gasteiger partial charge is 0.377 e. The Hall–Kier alpha value is -0.610. The van der Waals surface area contributed by atoms with E-state index in [-0.39, 0.29) is 5.60 Å². The summed E-state index contributed by atoms with van der Waals surface area (Å²) in [6, 6.07) is 4.22. The summed E-state index contributed by atoms with van der Waals surface area (Å²) in [6.45, 7) is 4.16. The molecule has 0 aromatic carbocycles. The normalized spacial score (nSPS) is 25.0. The molecule has 1 aromatic heterocycles. The highest BCUT2D eigenvalue weighted by molar-refractivity contribution is 9.08. The third-order valence-electron chi connectivity index (χ3n) is 3.44. The zero-order valence-corrected chi connectivity index (χ0v) is 12.0. The second-order valence-electron chi connectivity index (χ2n) is 4.84. The average Bonchev–Trinajstić information content (AvgIpc) is 2.39. The minimum Gasteiger partial charge on any atom is -0.377 e.